The minimum Gasteiger partial charge on any atom is -0.369 e. The van der Waals surface area contributed by atoms with Gasteiger partial charge in [-0.2, -0.15) is 0 Å². The molecule has 0 unspecified atom stereocenters. The van der Waals surface area contributed by atoms with Gasteiger partial charge < -0.3 is 20.6 Å². The van der Waals surface area contributed by atoms with E-state index in [1.54, 1.807) is 0 Å². The summed E-state index contributed by atoms with van der Waals surface area (Å²) in [4.78, 5) is 8.86. The van der Waals surface area contributed by atoms with Crippen LogP contribution in [-0.2, 0) is 13.1 Å². The van der Waals surface area contributed by atoms with Crippen LogP contribution in [0.5, 0.6) is 0 Å². The Kier molecular flexibility index (Phi) is 3.76. The molecule has 2 aromatic heterocycles. The van der Waals surface area contributed by atoms with E-state index in [1.165, 1.54) is 11.1 Å². The molecule has 0 aliphatic rings. The molecule has 0 bridgehead atoms. The van der Waals surface area contributed by atoms with Gasteiger partial charge in [-0.25, -0.2) is 9.97 Å². The van der Waals surface area contributed by atoms with Gasteiger partial charge in [0.2, 0.25) is 11.9 Å². The Hall–Kier alpha value is -3.80. The Balaban J connectivity index is 1.41. The fourth-order valence-electron chi connectivity index (χ4n) is 3.64. The van der Waals surface area contributed by atoms with Crippen molar-refractivity contribution in [1.82, 2.24) is 19.1 Å². The Morgan fingerprint density at radius 1 is 0.571 bits per heavy atom. The molecule has 28 heavy (non-hydrogen) atoms. The monoisotopic (exact) mass is 368 g/mol. The van der Waals surface area contributed by atoms with Crippen LogP contribution in [0, 0.1) is 0 Å². The van der Waals surface area contributed by atoms with Gasteiger partial charge in [0.25, 0.3) is 0 Å². The second-order valence-electron chi connectivity index (χ2n) is 6.91. The number of rotatable bonds is 4. The van der Waals surface area contributed by atoms with Gasteiger partial charge in [-0.05, 0) is 35.4 Å². The lowest BCUT2D eigenvalue weighted by Gasteiger charge is -2.10. The number of para-hydroxylation sites is 4. The van der Waals surface area contributed by atoms with Crippen molar-refractivity contribution in [3.63, 3.8) is 0 Å². The summed E-state index contributed by atoms with van der Waals surface area (Å²) in [5.41, 5.74) is 18.5. The predicted octanol–water partition coefficient (Wildman–Crippen LogP) is 3.65. The van der Waals surface area contributed by atoms with Crippen molar-refractivity contribution in [3.05, 3.63) is 83.9 Å². The molecule has 0 amide bonds. The number of anilines is 2. The van der Waals surface area contributed by atoms with Crippen LogP contribution < -0.4 is 11.5 Å². The summed E-state index contributed by atoms with van der Waals surface area (Å²) >= 11 is 0. The standard InChI is InChI=1S/C22H20N6/c23-21-25-17-5-1-3-7-19(17)27(21)13-15-9-11-16(12-10-15)14-28-20-8-4-2-6-18(20)26-22(28)24/h1-12H,13-14H2,(H2,23,25)(H2,24,26). The highest BCUT2D eigenvalue weighted by atomic mass is 15.2. The Morgan fingerprint density at radius 2 is 0.964 bits per heavy atom. The highest BCUT2D eigenvalue weighted by Gasteiger charge is 2.10. The maximum atomic E-state index is 6.12. The van der Waals surface area contributed by atoms with E-state index in [0.717, 1.165) is 22.1 Å². The van der Waals surface area contributed by atoms with E-state index >= 15 is 0 Å². The van der Waals surface area contributed by atoms with Gasteiger partial charge in [-0.1, -0.05) is 48.5 Å². The van der Waals surface area contributed by atoms with Crippen molar-refractivity contribution in [2.75, 3.05) is 11.5 Å². The molecule has 6 nitrogen and oxygen atoms in total. The SMILES string of the molecule is Nc1nc2ccccc2n1Cc1ccc(Cn2c(N)nc3ccccc32)cc1. The summed E-state index contributed by atoms with van der Waals surface area (Å²) < 4.78 is 4.07. The van der Waals surface area contributed by atoms with Crippen LogP contribution in [0.4, 0.5) is 11.9 Å². The second kappa shape index (κ2) is 6.42. The summed E-state index contributed by atoms with van der Waals surface area (Å²) in [7, 11) is 0. The molecule has 138 valence electrons. The predicted molar refractivity (Wildman–Crippen MR) is 113 cm³/mol. The van der Waals surface area contributed by atoms with Crippen LogP contribution in [-0.4, -0.2) is 19.1 Å². The molecule has 5 aromatic rings. The zero-order valence-electron chi connectivity index (χ0n) is 15.3. The van der Waals surface area contributed by atoms with Gasteiger partial charge in [0.05, 0.1) is 35.2 Å². The van der Waals surface area contributed by atoms with E-state index in [1.807, 2.05) is 57.7 Å². The number of imidazole rings is 2. The topological polar surface area (TPSA) is 87.7 Å². The average Bonchev–Trinajstić information content (AvgIpc) is 3.20. The number of aromatic nitrogens is 4. The van der Waals surface area contributed by atoms with E-state index < -0.39 is 0 Å². The maximum absolute atomic E-state index is 6.12. The summed E-state index contributed by atoms with van der Waals surface area (Å²) in [6, 6.07) is 24.5. The first-order chi connectivity index (χ1) is 13.7. The summed E-state index contributed by atoms with van der Waals surface area (Å²) in [5, 5.41) is 0. The number of nitrogens with zero attached hydrogens (tertiary/aromatic N) is 4. The fraction of sp³-hybridized carbons (Fsp3) is 0.0909. The number of fused-ring (bicyclic) bond motifs is 2. The first-order valence-electron chi connectivity index (χ1n) is 9.18. The second-order valence-corrected chi connectivity index (χ2v) is 6.91. The van der Waals surface area contributed by atoms with Crippen LogP contribution >= 0.6 is 0 Å². The molecule has 0 aliphatic carbocycles. The van der Waals surface area contributed by atoms with Crippen LogP contribution in [0.25, 0.3) is 22.1 Å². The lowest BCUT2D eigenvalue weighted by Crippen LogP contribution is -2.06. The van der Waals surface area contributed by atoms with E-state index in [9.17, 15) is 0 Å². The molecule has 0 radical (unpaired) electrons. The average molecular weight is 368 g/mol. The lowest BCUT2D eigenvalue weighted by atomic mass is 10.1. The van der Waals surface area contributed by atoms with Crippen molar-refractivity contribution in [2.24, 2.45) is 0 Å². The van der Waals surface area contributed by atoms with E-state index in [-0.39, 0.29) is 0 Å². The van der Waals surface area contributed by atoms with Gasteiger partial charge >= 0.3 is 0 Å². The van der Waals surface area contributed by atoms with E-state index in [0.29, 0.717) is 25.0 Å². The Labute approximate surface area is 162 Å². The quantitative estimate of drug-likeness (QED) is 0.507. The van der Waals surface area contributed by atoms with Crippen molar-refractivity contribution in [3.8, 4) is 0 Å². The smallest absolute Gasteiger partial charge is 0.201 e. The molecule has 5 rings (SSSR count). The normalized spacial score (nSPS) is 11.4. The summed E-state index contributed by atoms with van der Waals surface area (Å²) in [6.07, 6.45) is 0. The third-order valence-corrected chi connectivity index (χ3v) is 5.07. The minimum absolute atomic E-state index is 0.530. The fourth-order valence-corrected chi connectivity index (χ4v) is 3.64. The van der Waals surface area contributed by atoms with Crippen LogP contribution in [0.3, 0.4) is 0 Å². The molecule has 0 saturated carbocycles. The Bertz CT molecular complexity index is 1180. The van der Waals surface area contributed by atoms with Gasteiger partial charge in [0.1, 0.15) is 0 Å². The summed E-state index contributed by atoms with van der Waals surface area (Å²) in [5.74, 6) is 1.06. The molecule has 0 aliphatic heterocycles. The van der Waals surface area contributed by atoms with Crippen molar-refractivity contribution in [1.29, 1.82) is 0 Å². The highest BCUT2D eigenvalue weighted by Crippen LogP contribution is 2.21. The van der Waals surface area contributed by atoms with Crippen LogP contribution in [0.15, 0.2) is 72.8 Å². The number of nitrogen functional groups attached to an aromatic ring is 2. The molecule has 6 heteroatoms. The molecule has 0 saturated heterocycles. The van der Waals surface area contributed by atoms with Crippen molar-refractivity contribution >= 4 is 34.0 Å². The third kappa shape index (κ3) is 2.75. The molecule has 0 fully saturated rings. The van der Waals surface area contributed by atoms with Gasteiger partial charge in [-0.15, -0.1) is 0 Å². The summed E-state index contributed by atoms with van der Waals surface area (Å²) in [6.45, 7) is 1.37. The molecule has 0 spiro atoms. The third-order valence-electron chi connectivity index (χ3n) is 5.07. The highest BCUT2D eigenvalue weighted by molar-refractivity contribution is 5.79. The number of nitrogens with two attached hydrogens (primary N) is 2. The van der Waals surface area contributed by atoms with Crippen LogP contribution in [0.2, 0.25) is 0 Å². The zero-order valence-corrected chi connectivity index (χ0v) is 15.3. The number of hydrogen-bond donors (Lipinski definition) is 2. The molecule has 4 N–H and O–H groups in total. The molecular weight excluding hydrogens is 348 g/mol. The van der Waals surface area contributed by atoms with Gasteiger partial charge in [0, 0.05) is 0 Å². The lowest BCUT2D eigenvalue weighted by molar-refractivity contribution is 0.824. The molecule has 3 aromatic carbocycles. The van der Waals surface area contributed by atoms with Gasteiger partial charge in [0.15, 0.2) is 0 Å². The molecule has 2 heterocycles. The van der Waals surface area contributed by atoms with Crippen molar-refractivity contribution in [2.45, 2.75) is 13.1 Å². The first kappa shape index (κ1) is 16.4. The molecule has 0 atom stereocenters. The van der Waals surface area contributed by atoms with Crippen LogP contribution in [0.1, 0.15) is 11.1 Å². The van der Waals surface area contributed by atoms with E-state index in [2.05, 4.69) is 34.2 Å². The zero-order chi connectivity index (χ0) is 19.1. The first-order valence-corrected chi connectivity index (χ1v) is 9.18. The van der Waals surface area contributed by atoms with E-state index in [4.69, 9.17) is 11.5 Å². The van der Waals surface area contributed by atoms with Crippen molar-refractivity contribution < 1.29 is 0 Å². The number of hydrogen-bond acceptors (Lipinski definition) is 4. The minimum atomic E-state index is 0.530. The van der Waals surface area contributed by atoms with Gasteiger partial charge in [-0.3, -0.25) is 0 Å². The number of benzene rings is 3. The largest absolute Gasteiger partial charge is 0.369 e. The maximum Gasteiger partial charge on any atom is 0.201 e. The Morgan fingerprint density at radius 3 is 1.39 bits per heavy atom. The molecular formula is C22H20N6.